The lowest BCUT2D eigenvalue weighted by Gasteiger charge is -2.10. The smallest absolute Gasteiger partial charge is 0.249 e. The van der Waals surface area contributed by atoms with Crippen molar-refractivity contribution in [2.45, 2.75) is 19.9 Å². The Morgan fingerprint density at radius 1 is 0.967 bits per heavy atom. The van der Waals surface area contributed by atoms with E-state index in [4.69, 9.17) is 0 Å². The van der Waals surface area contributed by atoms with Gasteiger partial charge in [-0.15, -0.1) is 10.2 Å². The van der Waals surface area contributed by atoms with Crippen LogP contribution in [-0.4, -0.2) is 15.9 Å². The average molecular weight is 416 g/mol. The molecule has 0 atom stereocenters. The van der Waals surface area contributed by atoms with E-state index >= 15 is 0 Å². The molecule has 0 saturated carbocycles. The number of aryl methyl sites for hydroxylation is 1. The molecule has 4 aromatic rings. The van der Waals surface area contributed by atoms with Crippen LogP contribution in [0.15, 0.2) is 89.4 Å². The first kappa shape index (κ1) is 19.8. The molecule has 0 fully saturated rings. The van der Waals surface area contributed by atoms with Crippen LogP contribution < -0.4 is 9.88 Å². The van der Waals surface area contributed by atoms with Gasteiger partial charge in [0, 0.05) is 34.9 Å². The molecule has 4 rings (SSSR count). The number of hydrogen-bond donors (Lipinski definition) is 1. The zero-order valence-electron chi connectivity index (χ0n) is 16.8. The first-order valence-electron chi connectivity index (χ1n) is 9.93. The van der Waals surface area contributed by atoms with Gasteiger partial charge in [0.05, 0.1) is 12.2 Å². The summed E-state index contributed by atoms with van der Waals surface area (Å²) in [6, 6.07) is 22.1. The van der Waals surface area contributed by atoms with Gasteiger partial charge in [-0.2, -0.15) is 9.36 Å². The minimum absolute atomic E-state index is 0.550. The second-order valence-electron chi connectivity index (χ2n) is 6.70. The van der Waals surface area contributed by atoms with E-state index in [9.17, 15) is 0 Å². The number of rotatable bonds is 8. The second-order valence-corrected chi connectivity index (χ2v) is 7.43. The number of azo groups is 1. The van der Waals surface area contributed by atoms with E-state index in [1.807, 2.05) is 54.6 Å². The Hall–Kier alpha value is -3.45. The number of nitrogens with zero attached hydrogens (tertiary/aromatic N) is 5. The fourth-order valence-corrected chi connectivity index (χ4v) is 3.59. The maximum absolute atomic E-state index is 4.46. The van der Waals surface area contributed by atoms with Gasteiger partial charge in [0.1, 0.15) is 0 Å². The maximum atomic E-state index is 4.46. The van der Waals surface area contributed by atoms with Crippen molar-refractivity contribution in [3.8, 4) is 11.4 Å². The lowest BCUT2D eigenvalue weighted by atomic mass is 10.1. The fraction of sp³-hybridized carbons (Fsp3) is 0.174. The van der Waals surface area contributed by atoms with Crippen molar-refractivity contribution in [1.82, 2.24) is 9.36 Å². The summed E-state index contributed by atoms with van der Waals surface area (Å²) >= 11 is 1.25. The van der Waals surface area contributed by atoms with Gasteiger partial charge in [0.25, 0.3) is 0 Å². The van der Waals surface area contributed by atoms with Crippen LogP contribution in [0.5, 0.6) is 0 Å². The largest absolute Gasteiger partial charge is 0.378 e. The Morgan fingerprint density at radius 2 is 1.77 bits per heavy atom. The predicted octanol–water partition coefficient (Wildman–Crippen LogP) is 5.58. The van der Waals surface area contributed by atoms with Crippen molar-refractivity contribution in [3.05, 3.63) is 84.7 Å². The number of nitrogens with one attached hydrogen (secondary N) is 1. The lowest BCUT2D eigenvalue weighted by molar-refractivity contribution is -0.694. The summed E-state index contributed by atoms with van der Waals surface area (Å²) in [7, 11) is 0. The van der Waals surface area contributed by atoms with Crippen LogP contribution in [0.25, 0.3) is 11.4 Å². The average Bonchev–Trinajstić information content (AvgIpc) is 3.29. The van der Waals surface area contributed by atoms with Crippen molar-refractivity contribution in [3.63, 3.8) is 0 Å². The van der Waals surface area contributed by atoms with Crippen molar-refractivity contribution in [1.29, 1.82) is 0 Å². The molecule has 0 spiro atoms. The van der Waals surface area contributed by atoms with E-state index < -0.39 is 0 Å². The van der Waals surface area contributed by atoms with E-state index in [1.165, 1.54) is 17.1 Å². The molecule has 0 saturated heterocycles. The third-order valence-electron chi connectivity index (χ3n) is 4.63. The van der Waals surface area contributed by atoms with Crippen molar-refractivity contribution in [2.75, 3.05) is 11.9 Å². The summed E-state index contributed by atoms with van der Waals surface area (Å²) in [4.78, 5) is 4.46. The van der Waals surface area contributed by atoms with Gasteiger partial charge in [0.15, 0.2) is 24.8 Å². The van der Waals surface area contributed by atoms with E-state index in [2.05, 4.69) is 60.9 Å². The molecule has 0 aliphatic heterocycles. The molecule has 2 heterocycles. The van der Waals surface area contributed by atoms with Crippen LogP contribution in [0.4, 0.5) is 16.5 Å². The molecule has 1 N–H and O–H groups in total. The van der Waals surface area contributed by atoms with Crippen LogP contribution in [0.3, 0.4) is 0 Å². The Morgan fingerprint density at radius 3 is 2.57 bits per heavy atom. The van der Waals surface area contributed by atoms with Crippen LogP contribution in [0, 0.1) is 0 Å². The molecule has 7 heteroatoms. The fourth-order valence-electron chi connectivity index (χ4n) is 3.07. The highest BCUT2D eigenvalue weighted by molar-refractivity contribution is 7.09. The normalized spacial score (nSPS) is 11.1. The number of hydrogen-bond acceptors (Lipinski definition) is 6. The minimum Gasteiger partial charge on any atom is -0.378 e. The van der Waals surface area contributed by atoms with Gasteiger partial charge in [-0.25, -0.2) is 4.57 Å². The topological polar surface area (TPSA) is 66.4 Å². The molecule has 0 aliphatic carbocycles. The number of benzene rings is 2. The van der Waals surface area contributed by atoms with Gasteiger partial charge < -0.3 is 5.32 Å². The molecule has 0 unspecified atom stereocenters. The molecular weight excluding hydrogens is 392 g/mol. The molecule has 2 aromatic heterocycles. The van der Waals surface area contributed by atoms with E-state index in [0.717, 1.165) is 36.4 Å². The van der Waals surface area contributed by atoms with Crippen LogP contribution in [-0.2, 0) is 13.0 Å². The molecule has 150 valence electrons. The molecule has 0 radical (unpaired) electrons. The standard InChI is InChI=1S/C23H23N6S/c1-2-18-17-20(11-12-21(18)24-13-16-29-14-7-4-8-15-29)26-27-23-25-22(28-30-23)19-9-5-3-6-10-19/h3-12,14-15,17,24H,2,13,16H2,1H3/q+1. The second kappa shape index (κ2) is 9.84. The van der Waals surface area contributed by atoms with E-state index in [0.29, 0.717) is 11.0 Å². The van der Waals surface area contributed by atoms with Gasteiger partial charge >= 0.3 is 0 Å². The molecule has 0 bridgehead atoms. The first-order chi connectivity index (χ1) is 14.8. The quantitative estimate of drug-likeness (QED) is 0.302. The summed E-state index contributed by atoms with van der Waals surface area (Å²) in [6.45, 7) is 3.91. The zero-order chi connectivity index (χ0) is 20.6. The lowest BCUT2D eigenvalue weighted by Crippen LogP contribution is -2.36. The number of aromatic nitrogens is 3. The third kappa shape index (κ3) is 5.12. The first-order valence-corrected chi connectivity index (χ1v) is 10.7. The molecular formula is C23H23N6S+. The third-order valence-corrected chi connectivity index (χ3v) is 5.23. The monoisotopic (exact) mass is 415 g/mol. The van der Waals surface area contributed by atoms with Crippen molar-refractivity contribution >= 4 is 28.0 Å². The molecule has 30 heavy (non-hydrogen) atoms. The number of anilines is 1. The highest BCUT2D eigenvalue weighted by Crippen LogP contribution is 2.27. The highest BCUT2D eigenvalue weighted by atomic mass is 32.1. The number of pyridine rings is 1. The van der Waals surface area contributed by atoms with Crippen LogP contribution >= 0.6 is 11.5 Å². The summed E-state index contributed by atoms with van der Waals surface area (Å²) in [6.07, 6.45) is 5.06. The Kier molecular flexibility index (Phi) is 6.51. The Balaban J connectivity index is 1.40. The van der Waals surface area contributed by atoms with Gasteiger partial charge in [-0.1, -0.05) is 43.3 Å². The van der Waals surface area contributed by atoms with Gasteiger partial charge in [0.2, 0.25) is 5.13 Å². The SMILES string of the molecule is CCc1cc(N=Nc2nc(-c3ccccc3)ns2)ccc1NCC[n+]1ccccc1. The molecule has 2 aromatic carbocycles. The highest BCUT2D eigenvalue weighted by Gasteiger charge is 2.07. The van der Waals surface area contributed by atoms with Crippen molar-refractivity contribution in [2.24, 2.45) is 10.2 Å². The molecule has 0 aliphatic rings. The summed E-state index contributed by atoms with van der Waals surface area (Å²) in [5, 5.41) is 12.7. The summed E-state index contributed by atoms with van der Waals surface area (Å²) in [5.74, 6) is 0.680. The Bertz CT molecular complexity index is 1110. The van der Waals surface area contributed by atoms with Gasteiger partial charge in [-0.05, 0) is 30.2 Å². The van der Waals surface area contributed by atoms with E-state index in [1.54, 1.807) is 0 Å². The van der Waals surface area contributed by atoms with E-state index in [-0.39, 0.29) is 0 Å². The van der Waals surface area contributed by atoms with Crippen LogP contribution in [0.2, 0.25) is 0 Å². The maximum Gasteiger partial charge on any atom is 0.249 e. The Labute approximate surface area is 180 Å². The molecule has 0 amide bonds. The van der Waals surface area contributed by atoms with Gasteiger partial charge in [-0.3, -0.25) is 0 Å². The van der Waals surface area contributed by atoms with Crippen LogP contribution in [0.1, 0.15) is 12.5 Å². The minimum atomic E-state index is 0.550. The predicted molar refractivity (Wildman–Crippen MR) is 120 cm³/mol. The molecule has 6 nitrogen and oxygen atoms in total. The summed E-state index contributed by atoms with van der Waals surface area (Å²) < 4.78 is 6.53. The van der Waals surface area contributed by atoms with Crippen molar-refractivity contribution < 1.29 is 4.57 Å². The summed E-state index contributed by atoms with van der Waals surface area (Å²) in [5.41, 5.74) is 4.14. The zero-order valence-corrected chi connectivity index (χ0v) is 17.6.